The normalized spacial score (nSPS) is 11.5. The molecule has 0 bridgehead atoms. The average molecular weight is 330 g/mol. The van der Waals surface area contributed by atoms with Gasteiger partial charge in [0.25, 0.3) is 0 Å². The minimum atomic E-state index is -1.09. The molecule has 0 radical (unpaired) electrons. The van der Waals surface area contributed by atoms with Crippen molar-refractivity contribution in [3.05, 3.63) is 71.5 Å². The second-order valence-electron chi connectivity index (χ2n) is 5.36. The number of rotatable bonds is 7. The Balaban J connectivity index is 1.80. The van der Waals surface area contributed by atoms with Gasteiger partial charge in [0, 0.05) is 13.0 Å². The predicted octanol–water partition coefficient (Wildman–Crippen LogP) is 2.36. The van der Waals surface area contributed by atoms with Crippen molar-refractivity contribution >= 4 is 12.0 Å². The first-order valence-electron chi connectivity index (χ1n) is 7.60. The zero-order valence-electron chi connectivity index (χ0n) is 13.0. The largest absolute Gasteiger partial charge is 0.480 e. The molecular formula is C18H19FN2O3. The number of carboxylic acid groups (broad SMARTS) is 1. The summed E-state index contributed by atoms with van der Waals surface area (Å²) < 4.78 is 12.8. The Labute approximate surface area is 139 Å². The Morgan fingerprint density at radius 1 is 1.00 bits per heavy atom. The molecule has 1 atom stereocenters. The van der Waals surface area contributed by atoms with E-state index in [1.54, 1.807) is 12.1 Å². The minimum absolute atomic E-state index is 0.210. The van der Waals surface area contributed by atoms with Crippen LogP contribution in [-0.2, 0) is 17.6 Å². The van der Waals surface area contributed by atoms with Crippen LogP contribution in [0.15, 0.2) is 54.6 Å². The highest BCUT2D eigenvalue weighted by Crippen LogP contribution is 2.04. The van der Waals surface area contributed by atoms with E-state index in [1.165, 1.54) is 12.1 Å². The number of hydrogen-bond donors (Lipinski definition) is 3. The molecular weight excluding hydrogens is 311 g/mol. The number of amides is 2. The van der Waals surface area contributed by atoms with Gasteiger partial charge in [-0.15, -0.1) is 0 Å². The highest BCUT2D eigenvalue weighted by molar-refractivity contribution is 5.82. The number of carbonyl (C=O) groups is 2. The van der Waals surface area contributed by atoms with Crippen LogP contribution in [0.1, 0.15) is 11.1 Å². The van der Waals surface area contributed by atoms with E-state index in [0.717, 1.165) is 11.1 Å². The van der Waals surface area contributed by atoms with E-state index >= 15 is 0 Å². The standard InChI is InChI=1S/C18H19FN2O3/c19-15-8-6-13(7-9-15)10-11-20-18(24)21-16(17(22)23)12-14-4-2-1-3-5-14/h1-9,16H,10-12H2,(H,22,23)(H2,20,21,24)/t16-/m0/s1. The molecule has 0 aliphatic rings. The van der Waals surface area contributed by atoms with Gasteiger partial charge in [0.2, 0.25) is 0 Å². The van der Waals surface area contributed by atoms with Crippen LogP contribution in [0.25, 0.3) is 0 Å². The van der Waals surface area contributed by atoms with Crippen LogP contribution in [0.4, 0.5) is 9.18 Å². The lowest BCUT2D eigenvalue weighted by Crippen LogP contribution is -2.47. The minimum Gasteiger partial charge on any atom is -0.480 e. The lowest BCUT2D eigenvalue weighted by Gasteiger charge is -2.15. The van der Waals surface area contributed by atoms with Crippen LogP contribution >= 0.6 is 0 Å². The second-order valence-corrected chi connectivity index (χ2v) is 5.36. The average Bonchev–Trinajstić information content (AvgIpc) is 2.57. The van der Waals surface area contributed by atoms with Gasteiger partial charge in [0.1, 0.15) is 11.9 Å². The van der Waals surface area contributed by atoms with E-state index in [1.807, 2.05) is 30.3 Å². The van der Waals surface area contributed by atoms with Crippen LogP contribution in [0, 0.1) is 5.82 Å². The lowest BCUT2D eigenvalue weighted by atomic mass is 10.1. The van der Waals surface area contributed by atoms with Crippen molar-refractivity contribution in [3.8, 4) is 0 Å². The number of nitrogens with one attached hydrogen (secondary N) is 2. The summed E-state index contributed by atoms with van der Waals surface area (Å²) in [6.07, 6.45) is 0.742. The lowest BCUT2D eigenvalue weighted by molar-refractivity contribution is -0.139. The van der Waals surface area contributed by atoms with Gasteiger partial charge in [-0.2, -0.15) is 0 Å². The summed E-state index contributed by atoms with van der Waals surface area (Å²) in [7, 11) is 0. The molecule has 5 nitrogen and oxygen atoms in total. The molecule has 2 aromatic carbocycles. The van der Waals surface area contributed by atoms with Crippen molar-refractivity contribution in [1.82, 2.24) is 10.6 Å². The molecule has 0 saturated heterocycles. The molecule has 24 heavy (non-hydrogen) atoms. The quantitative estimate of drug-likeness (QED) is 0.729. The first-order chi connectivity index (χ1) is 11.5. The fraction of sp³-hybridized carbons (Fsp3) is 0.222. The molecule has 0 aliphatic heterocycles. The molecule has 0 aromatic heterocycles. The van der Waals surface area contributed by atoms with E-state index in [-0.39, 0.29) is 12.2 Å². The molecule has 0 fully saturated rings. The SMILES string of the molecule is O=C(NCCc1ccc(F)cc1)N[C@@H](Cc1ccccc1)C(=O)O. The van der Waals surface area contributed by atoms with Gasteiger partial charge in [0.05, 0.1) is 0 Å². The molecule has 0 aliphatic carbocycles. The Bertz CT molecular complexity index is 674. The zero-order valence-corrected chi connectivity index (χ0v) is 13.0. The van der Waals surface area contributed by atoms with E-state index in [4.69, 9.17) is 0 Å². The molecule has 0 heterocycles. The number of carboxylic acids is 1. The summed E-state index contributed by atoms with van der Waals surface area (Å²) in [6.45, 7) is 0.329. The Morgan fingerprint density at radius 3 is 2.29 bits per heavy atom. The summed E-state index contributed by atoms with van der Waals surface area (Å²) >= 11 is 0. The topological polar surface area (TPSA) is 78.4 Å². The molecule has 0 spiro atoms. The second kappa shape index (κ2) is 8.67. The third kappa shape index (κ3) is 5.72. The van der Waals surface area contributed by atoms with Crippen molar-refractivity contribution < 1.29 is 19.1 Å². The molecule has 2 aromatic rings. The van der Waals surface area contributed by atoms with Crippen LogP contribution in [0.5, 0.6) is 0 Å². The number of benzene rings is 2. The number of halogens is 1. The Hall–Kier alpha value is -2.89. The Kier molecular flexibility index (Phi) is 6.31. The van der Waals surface area contributed by atoms with E-state index in [2.05, 4.69) is 10.6 Å². The molecule has 2 amide bonds. The first-order valence-corrected chi connectivity index (χ1v) is 7.60. The smallest absolute Gasteiger partial charge is 0.326 e. The highest BCUT2D eigenvalue weighted by atomic mass is 19.1. The van der Waals surface area contributed by atoms with Crippen LogP contribution in [-0.4, -0.2) is 29.7 Å². The van der Waals surface area contributed by atoms with Gasteiger partial charge in [-0.25, -0.2) is 14.0 Å². The van der Waals surface area contributed by atoms with Crippen molar-refractivity contribution in [2.24, 2.45) is 0 Å². The van der Waals surface area contributed by atoms with Gasteiger partial charge in [-0.3, -0.25) is 0 Å². The molecule has 126 valence electrons. The van der Waals surface area contributed by atoms with E-state index < -0.39 is 18.0 Å². The van der Waals surface area contributed by atoms with Gasteiger partial charge >= 0.3 is 12.0 Å². The number of carbonyl (C=O) groups excluding carboxylic acids is 1. The van der Waals surface area contributed by atoms with E-state index in [9.17, 15) is 19.1 Å². The fourth-order valence-electron chi connectivity index (χ4n) is 2.23. The number of aliphatic carboxylic acids is 1. The van der Waals surface area contributed by atoms with Gasteiger partial charge in [0.15, 0.2) is 0 Å². The van der Waals surface area contributed by atoms with Crippen LogP contribution in [0.3, 0.4) is 0 Å². The maximum Gasteiger partial charge on any atom is 0.326 e. The summed E-state index contributed by atoms with van der Waals surface area (Å²) in [5.41, 5.74) is 1.72. The summed E-state index contributed by atoms with van der Waals surface area (Å²) in [4.78, 5) is 23.1. The maximum atomic E-state index is 12.8. The highest BCUT2D eigenvalue weighted by Gasteiger charge is 2.20. The fourth-order valence-corrected chi connectivity index (χ4v) is 2.23. The Morgan fingerprint density at radius 2 is 1.67 bits per heavy atom. The van der Waals surface area contributed by atoms with Crippen LogP contribution in [0.2, 0.25) is 0 Å². The molecule has 3 N–H and O–H groups in total. The predicted molar refractivity (Wildman–Crippen MR) is 88.2 cm³/mol. The number of urea groups is 1. The van der Waals surface area contributed by atoms with Crippen molar-refractivity contribution in [2.75, 3.05) is 6.54 Å². The third-order valence-corrected chi connectivity index (χ3v) is 3.50. The van der Waals surface area contributed by atoms with Gasteiger partial charge < -0.3 is 15.7 Å². The maximum absolute atomic E-state index is 12.8. The summed E-state index contributed by atoms with van der Waals surface area (Å²) in [5, 5.41) is 14.3. The molecule has 2 rings (SSSR count). The molecule has 0 saturated carbocycles. The van der Waals surface area contributed by atoms with Gasteiger partial charge in [-0.1, -0.05) is 42.5 Å². The summed E-state index contributed by atoms with van der Waals surface area (Å²) in [6, 6.07) is 13.6. The first kappa shape index (κ1) is 17.5. The van der Waals surface area contributed by atoms with Crippen LogP contribution < -0.4 is 10.6 Å². The monoisotopic (exact) mass is 330 g/mol. The summed E-state index contributed by atoms with van der Waals surface area (Å²) in [5.74, 6) is -1.40. The molecule has 0 unspecified atom stereocenters. The van der Waals surface area contributed by atoms with E-state index in [0.29, 0.717) is 13.0 Å². The number of hydrogen-bond acceptors (Lipinski definition) is 2. The third-order valence-electron chi connectivity index (χ3n) is 3.50. The molecule has 6 heteroatoms. The van der Waals surface area contributed by atoms with Crippen molar-refractivity contribution in [1.29, 1.82) is 0 Å². The van der Waals surface area contributed by atoms with Gasteiger partial charge in [-0.05, 0) is 29.7 Å². The zero-order chi connectivity index (χ0) is 17.4. The van der Waals surface area contributed by atoms with Crippen molar-refractivity contribution in [3.63, 3.8) is 0 Å². The van der Waals surface area contributed by atoms with Crippen molar-refractivity contribution in [2.45, 2.75) is 18.9 Å².